The Balaban J connectivity index is 1.81. The molecule has 0 bridgehead atoms. The molecule has 4 rings (SSSR count). The second kappa shape index (κ2) is 6.78. The number of aromatic hydroxyl groups is 1. The first kappa shape index (κ1) is 17.7. The maximum absolute atomic E-state index is 13.2. The Morgan fingerprint density at radius 1 is 1.41 bits per heavy atom. The van der Waals surface area contributed by atoms with Crippen LogP contribution in [0, 0.1) is 0 Å². The van der Waals surface area contributed by atoms with Crippen molar-refractivity contribution in [1.29, 1.82) is 0 Å². The standard InChI is InChI=1S/C20H18ClNO5/c1-2-26-17(24)10-22-14-5-3-4-13(21)19(14)18(20(22)25)12-8-11-6-7-27-16(11)9-15(12)23/h3-5,8-9,18,23H,2,6-7,10H2,1H3. The quantitative estimate of drug-likeness (QED) is 0.816. The zero-order valence-electron chi connectivity index (χ0n) is 14.7. The van der Waals surface area contributed by atoms with Crippen LogP contribution in [0.25, 0.3) is 0 Å². The summed E-state index contributed by atoms with van der Waals surface area (Å²) < 4.78 is 10.5. The van der Waals surface area contributed by atoms with Crippen LogP contribution < -0.4 is 9.64 Å². The van der Waals surface area contributed by atoms with E-state index in [4.69, 9.17) is 21.1 Å². The third kappa shape index (κ3) is 2.90. The molecule has 140 valence electrons. The fourth-order valence-corrected chi connectivity index (χ4v) is 3.98. The minimum absolute atomic E-state index is 0.0298. The van der Waals surface area contributed by atoms with E-state index in [1.165, 1.54) is 11.0 Å². The number of fused-ring (bicyclic) bond motifs is 2. The van der Waals surface area contributed by atoms with E-state index in [-0.39, 0.29) is 24.8 Å². The fraction of sp³-hybridized carbons (Fsp3) is 0.300. The molecular formula is C20H18ClNO5. The van der Waals surface area contributed by atoms with Gasteiger partial charge in [-0.1, -0.05) is 17.7 Å². The van der Waals surface area contributed by atoms with Gasteiger partial charge >= 0.3 is 5.97 Å². The van der Waals surface area contributed by atoms with Crippen LogP contribution >= 0.6 is 11.6 Å². The Bertz CT molecular complexity index is 942. The molecular weight excluding hydrogens is 370 g/mol. The molecule has 2 heterocycles. The molecule has 7 heteroatoms. The van der Waals surface area contributed by atoms with Crippen molar-refractivity contribution in [2.24, 2.45) is 0 Å². The fourth-order valence-electron chi connectivity index (χ4n) is 3.70. The third-order valence-corrected chi connectivity index (χ3v) is 5.19. The molecule has 0 spiro atoms. The summed E-state index contributed by atoms with van der Waals surface area (Å²) in [6, 6.07) is 8.50. The van der Waals surface area contributed by atoms with E-state index in [0.717, 1.165) is 5.56 Å². The average Bonchev–Trinajstić information content (AvgIpc) is 3.18. The smallest absolute Gasteiger partial charge is 0.326 e. The van der Waals surface area contributed by atoms with Gasteiger partial charge in [0.1, 0.15) is 18.0 Å². The van der Waals surface area contributed by atoms with Crippen LogP contribution in [0.2, 0.25) is 5.02 Å². The van der Waals surface area contributed by atoms with Gasteiger partial charge in [-0.3, -0.25) is 9.59 Å². The molecule has 2 aliphatic heterocycles. The summed E-state index contributed by atoms with van der Waals surface area (Å²) in [7, 11) is 0. The largest absolute Gasteiger partial charge is 0.507 e. The van der Waals surface area contributed by atoms with Gasteiger partial charge in [0.15, 0.2) is 0 Å². The Morgan fingerprint density at radius 2 is 2.22 bits per heavy atom. The summed E-state index contributed by atoms with van der Waals surface area (Å²) in [6.45, 7) is 2.29. The van der Waals surface area contributed by atoms with E-state index in [1.54, 1.807) is 31.2 Å². The minimum Gasteiger partial charge on any atom is -0.507 e. The summed E-state index contributed by atoms with van der Waals surface area (Å²) >= 11 is 6.41. The molecule has 1 amide bonds. The number of anilines is 1. The monoisotopic (exact) mass is 387 g/mol. The van der Waals surface area contributed by atoms with Crippen LogP contribution in [0.1, 0.15) is 29.5 Å². The maximum atomic E-state index is 13.2. The predicted octanol–water partition coefficient (Wildman–Crippen LogP) is 3.02. The number of hydrogen-bond donors (Lipinski definition) is 1. The summed E-state index contributed by atoms with van der Waals surface area (Å²) in [5.74, 6) is -0.999. The second-order valence-corrected chi connectivity index (χ2v) is 6.86. The number of rotatable bonds is 4. The van der Waals surface area contributed by atoms with Crippen molar-refractivity contribution in [3.63, 3.8) is 0 Å². The maximum Gasteiger partial charge on any atom is 0.326 e. The highest BCUT2D eigenvalue weighted by molar-refractivity contribution is 6.33. The lowest BCUT2D eigenvalue weighted by Crippen LogP contribution is -2.35. The van der Waals surface area contributed by atoms with Crippen molar-refractivity contribution in [3.8, 4) is 11.5 Å². The van der Waals surface area contributed by atoms with Gasteiger partial charge in [-0.25, -0.2) is 0 Å². The van der Waals surface area contributed by atoms with Gasteiger partial charge in [0.2, 0.25) is 5.91 Å². The molecule has 0 saturated carbocycles. The Labute approximate surface area is 161 Å². The molecule has 0 aliphatic carbocycles. The predicted molar refractivity (Wildman–Crippen MR) is 99.6 cm³/mol. The highest BCUT2D eigenvalue weighted by atomic mass is 35.5. The Hall–Kier alpha value is -2.73. The molecule has 0 aromatic heterocycles. The number of hydrogen-bond acceptors (Lipinski definition) is 5. The lowest BCUT2D eigenvalue weighted by Gasteiger charge is -2.17. The number of benzene rings is 2. The van der Waals surface area contributed by atoms with Gasteiger partial charge < -0.3 is 19.5 Å². The van der Waals surface area contributed by atoms with Crippen LogP contribution in [0.4, 0.5) is 5.69 Å². The third-order valence-electron chi connectivity index (χ3n) is 4.86. The van der Waals surface area contributed by atoms with Gasteiger partial charge in [0.25, 0.3) is 0 Å². The van der Waals surface area contributed by atoms with E-state index in [1.807, 2.05) is 0 Å². The van der Waals surface area contributed by atoms with E-state index in [2.05, 4.69) is 0 Å². The second-order valence-electron chi connectivity index (χ2n) is 6.45. The first-order chi connectivity index (χ1) is 13.0. The lowest BCUT2D eigenvalue weighted by molar-refractivity contribution is -0.142. The van der Waals surface area contributed by atoms with Crippen molar-refractivity contribution in [2.45, 2.75) is 19.3 Å². The minimum atomic E-state index is -0.783. The summed E-state index contributed by atoms with van der Waals surface area (Å²) in [6.07, 6.45) is 0.714. The Kier molecular flexibility index (Phi) is 4.44. The number of amides is 1. The van der Waals surface area contributed by atoms with Gasteiger partial charge in [0.05, 0.1) is 24.8 Å². The van der Waals surface area contributed by atoms with Crippen molar-refractivity contribution in [2.75, 3.05) is 24.7 Å². The average molecular weight is 388 g/mol. The summed E-state index contributed by atoms with van der Waals surface area (Å²) in [5.41, 5.74) is 2.54. The molecule has 2 aliphatic rings. The van der Waals surface area contributed by atoms with Gasteiger partial charge in [-0.05, 0) is 30.7 Å². The summed E-state index contributed by atoms with van der Waals surface area (Å²) in [5, 5.41) is 10.9. The van der Waals surface area contributed by atoms with E-state index in [9.17, 15) is 14.7 Å². The number of halogens is 1. The van der Waals surface area contributed by atoms with Gasteiger partial charge in [-0.15, -0.1) is 0 Å². The van der Waals surface area contributed by atoms with E-state index < -0.39 is 11.9 Å². The zero-order valence-corrected chi connectivity index (χ0v) is 15.5. The number of esters is 1. The number of phenols is 1. The molecule has 6 nitrogen and oxygen atoms in total. The van der Waals surface area contributed by atoms with Crippen LogP contribution in [-0.4, -0.2) is 36.7 Å². The first-order valence-electron chi connectivity index (χ1n) is 8.75. The number of carbonyl (C=O) groups is 2. The van der Waals surface area contributed by atoms with Crippen molar-refractivity contribution >= 4 is 29.2 Å². The topological polar surface area (TPSA) is 76.1 Å². The molecule has 0 radical (unpaired) electrons. The number of phenolic OH excluding ortho intramolecular Hbond substituents is 1. The highest BCUT2D eigenvalue weighted by Gasteiger charge is 2.42. The van der Waals surface area contributed by atoms with Crippen LogP contribution in [-0.2, 0) is 20.7 Å². The molecule has 27 heavy (non-hydrogen) atoms. The zero-order chi connectivity index (χ0) is 19.1. The first-order valence-corrected chi connectivity index (χ1v) is 9.13. The van der Waals surface area contributed by atoms with Crippen LogP contribution in [0.3, 0.4) is 0 Å². The van der Waals surface area contributed by atoms with E-state index >= 15 is 0 Å². The SMILES string of the molecule is CCOC(=O)CN1C(=O)C(c2cc3c(cc2O)OCC3)c2c(Cl)cccc21. The molecule has 2 aromatic carbocycles. The summed E-state index contributed by atoms with van der Waals surface area (Å²) in [4.78, 5) is 26.6. The Morgan fingerprint density at radius 3 is 3.00 bits per heavy atom. The molecule has 1 N–H and O–H groups in total. The normalized spacial score (nSPS) is 17.5. The number of nitrogens with zero attached hydrogens (tertiary/aromatic N) is 1. The van der Waals surface area contributed by atoms with Gasteiger partial charge in [0, 0.05) is 28.6 Å². The number of ether oxygens (including phenoxy) is 2. The molecule has 2 aromatic rings. The van der Waals surface area contributed by atoms with Crippen molar-refractivity contribution in [3.05, 3.63) is 52.0 Å². The molecule has 0 saturated heterocycles. The molecule has 1 unspecified atom stereocenters. The van der Waals surface area contributed by atoms with Crippen molar-refractivity contribution < 1.29 is 24.2 Å². The van der Waals surface area contributed by atoms with Crippen molar-refractivity contribution in [1.82, 2.24) is 0 Å². The highest BCUT2D eigenvalue weighted by Crippen LogP contribution is 2.48. The molecule has 1 atom stereocenters. The van der Waals surface area contributed by atoms with E-state index in [0.29, 0.717) is 40.6 Å². The molecule has 0 fully saturated rings. The number of carbonyl (C=O) groups excluding carboxylic acids is 2. The van der Waals surface area contributed by atoms with Crippen LogP contribution in [0.15, 0.2) is 30.3 Å². The van der Waals surface area contributed by atoms with Crippen LogP contribution in [0.5, 0.6) is 11.5 Å². The lowest BCUT2D eigenvalue weighted by atomic mass is 9.90. The van der Waals surface area contributed by atoms with Gasteiger partial charge in [-0.2, -0.15) is 0 Å².